The summed E-state index contributed by atoms with van der Waals surface area (Å²) < 4.78 is 45.5. The minimum absolute atomic E-state index is 0.0182. The molecule has 3 rings (SSSR count). The van der Waals surface area contributed by atoms with Gasteiger partial charge in [-0.05, 0) is 42.7 Å². The van der Waals surface area contributed by atoms with Gasteiger partial charge in [0, 0.05) is 0 Å². The van der Waals surface area contributed by atoms with E-state index in [2.05, 4.69) is 14.7 Å². The van der Waals surface area contributed by atoms with Crippen molar-refractivity contribution >= 4 is 15.8 Å². The van der Waals surface area contributed by atoms with Crippen LogP contribution in [0.1, 0.15) is 31.2 Å². The fourth-order valence-corrected chi connectivity index (χ4v) is 3.97. The van der Waals surface area contributed by atoms with Crippen molar-refractivity contribution in [2.24, 2.45) is 0 Å². The maximum absolute atomic E-state index is 13.1. The van der Waals surface area contributed by atoms with E-state index >= 15 is 0 Å². The fourth-order valence-electron chi connectivity index (χ4n) is 2.97. The van der Waals surface area contributed by atoms with Crippen LogP contribution in [0.5, 0.6) is 23.1 Å². The quantitative estimate of drug-likeness (QED) is 0.455. The Labute approximate surface area is 193 Å². The molecule has 9 nitrogen and oxygen atoms in total. The maximum Gasteiger partial charge on any atom is 0.263 e. The largest absolute Gasteiger partial charge is 0.493 e. The number of aliphatic hydroxyl groups is 1. The number of aryl methyl sites for hydroxylation is 1. The van der Waals surface area contributed by atoms with E-state index in [4.69, 9.17) is 14.2 Å². The first-order chi connectivity index (χ1) is 15.7. The summed E-state index contributed by atoms with van der Waals surface area (Å²) in [6.45, 7) is 5.32. The van der Waals surface area contributed by atoms with Crippen LogP contribution in [0.4, 0.5) is 5.82 Å². The Morgan fingerprint density at radius 1 is 1.03 bits per heavy atom. The van der Waals surface area contributed by atoms with Crippen molar-refractivity contribution in [2.75, 3.05) is 25.0 Å². The van der Waals surface area contributed by atoms with Gasteiger partial charge in [-0.1, -0.05) is 38.1 Å². The van der Waals surface area contributed by atoms with Gasteiger partial charge in [0.05, 0.1) is 18.6 Å². The molecule has 0 saturated heterocycles. The molecule has 2 N–H and O–H groups in total. The van der Waals surface area contributed by atoms with E-state index in [1.165, 1.54) is 19.2 Å². The van der Waals surface area contributed by atoms with Crippen LogP contribution in [0, 0.1) is 6.92 Å². The Balaban J connectivity index is 2.05. The summed E-state index contributed by atoms with van der Waals surface area (Å²) in [6.07, 6.45) is 0. The molecule has 0 radical (unpaired) electrons. The average molecular weight is 474 g/mol. The molecular weight excluding hydrogens is 446 g/mol. The number of hydrogen-bond donors (Lipinski definition) is 2. The summed E-state index contributed by atoms with van der Waals surface area (Å²) in [4.78, 5) is 8.53. The zero-order chi connectivity index (χ0) is 24.0. The number of ether oxygens (including phenoxy) is 3. The number of benzene rings is 2. The van der Waals surface area contributed by atoms with Gasteiger partial charge in [-0.15, -0.1) is 0 Å². The van der Waals surface area contributed by atoms with Gasteiger partial charge < -0.3 is 19.3 Å². The van der Waals surface area contributed by atoms with Crippen LogP contribution < -0.4 is 18.9 Å². The summed E-state index contributed by atoms with van der Waals surface area (Å²) >= 11 is 0. The van der Waals surface area contributed by atoms with Crippen molar-refractivity contribution in [2.45, 2.75) is 31.6 Å². The number of nitrogens with one attached hydrogen (secondary N) is 1. The Bertz CT molecular complexity index is 1200. The third kappa shape index (κ3) is 5.91. The maximum atomic E-state index is 13.1. The Morgan fingerprint density at radius 2 is 1.70 bits per heavy atom. The predicted molar refractivity (Wildman–Crippen MR) is 124 cm³/mol. The number of hydrogen-bond acceptors (Lipinski definition) is 8. The number of sulfonamides is 1. The Kier molecular flexibility index (Phi) is 7.72. The molecule has 0 aliphatic carbocycles. The second-order valence-electron chi connectivity index (χ2n) is 7.41. The van der Waals surface area contributed by atoms with Gasteiger partial charge in [-0.3, -0.25) is 4.72 Å². The molecule has 0 unspecified atom stereocenters. The van der Waals surface area contributed by atoms with E-state index in [0.29, 0.717) is 11.5 Å². The molecule has 0 aliphatic rings. The molecule has 0 aliphatic heterocycles. The summed E-state index contributed by atoms with van der Waals surface area (Å²) in [7, 11) is -2.51. The van der Waals surface area contributed by atoms with Gasteiger partial charge in [0.15, 0.2) is 17.3 Å². The highest BCUT2D eigenvalue weighted by Gasteiger charge is 2.24. The zero-order valence-electron chi connectivity index (χ0n) is 18.9. The molecule has 0 atom stereocenters. The first-order valence-corrected chi connectivity index (χ1v) is 11.8. The Morgan fingerprint density at radius 3 is 2.30 bits per heavy atom. The van der Waals surface area contributed by atoms with Crippen molar-refractivity contribution < 1.29 is 27.7 Å². The number of rotatable bonds is 10. The minimum atomic E-state index is -4.00. The van der Waals surface area contributed by atoms with Crippen molar-refractivity contribution in [1.29, 1.82) is 0 Å². The van der Waals surface area contributed by atoms with Crippen LogP contribution in [-0.2, 0) is 10.0 Å². The molecule has 0 amide bonds. The lowest BCUT2D eigenvalue weighted by atomic mass is 10.0. The monoisotopic (exact) mass is 473 g/mol. The van der Waals surface area contributed by atoms with Crippen LogP contribution in [0.3, 0.4) is 0 Å². The van der Waals surface area contributed by atoms with Crippen molar-refractivity contribution in [3.05, 3.63) is 59.9 Å². The van der Waals surface area contributed by atoms with Crippen LogP contribution in [-0.4, -0.2) is 43.8 Å². The zero-order valence-corrected chi connectivity index (χ0v) is 19.7. The van der Waals surface area contributed by atoms with Gasteiger partial charge in [-0.2, -0.15) is 4.98 Å². The smallest absolute Gasteiger partial charge is 0.263 e. The SMILES string of the molecule is COc1ccccc1Oc1c(NS(=O)(=O)c2ccc(C(C)C)cc2)nc(C)nc1OCCO. The summed E-state index contributed by atoms with van der Waals surface area (Å²) in [5.74, 6) is 1.08. The number of para-hydroxylation sites is 2. The molecule has 0 saturated carbocycles. The lowest BCUT2D eigenvalue weighted by molar-refractivity contribution is 0.192. The van der Waals surface area contributed by atoms with E-state index in [1.54, 1.807) is 43.3 Å². The van der Waals surface area contributed by atoms with Crippen molar-refractivity contribution in [3.63, 3.8) is 0 Å². The Hall–Kier alpha value is -3.37. The molecule has 176 valence electrons. The number of aliphatic hydroxyl groups excluding tert-OH is 1. The van der Waals surface area contributed by atoms with Gasteiger partial charge in [-0.25, -0.2) is 13.4 Å². The second-order valence-corrected chi connectivity index (χ2v) is 9.09. The predicted octanol–water partition coefficient (Wildman–Crippen LogP) is 3.88. The third-order valence-corrected chi connectivity index (χ3v) is 6.00. The first kappa shape index (κ1) is 24.3. The van der Waals surface area contributed by atoms with E-state index in [0.717, 1.165) is 5.56 Å². The summed E-state index contributed by atoms with van der Waals surface area (Å²) in [5.41, 5.74) is 1.02. The van der Waals surface area contributed by atoms with Crippen molar-refractivity contribution in [1.82, 2.24) is 9.97 Å². The van der Waals surface area contributed by atoms with E-state index < -0.39 is 10.0 Å². The van der Waals surface area contributed by atoms with E-state index in [9.17, 15) is 13.5 Å². The molecule has 1 heterocycles. The standard InChI is InChI=1S/C23H27N3O6S/c1-15(2)17-9-11-18(12-10-17)33(28,29)26-22-21(23(31-14-13-27)25-16(3)24-22)32-20-8-6-5-7-19(20)30-4/h5-12,15,27H,13-14H2,1-4H3,(H,24,25,26). The highest BCUT2D eigenvalue weighted by molar-refractivity contribution is 7.92. The molecule has 3 aromatic rings. The van der Waals surface area contributed by atoms with Crippen LogP contribution in [0.25, 0.3) is 0 Å². The lowest BCUT2D eigenvalue weighted by Crippen LogP contribution is -2.16. The molecule has 2 aromatic carbocycles. The van der Waals surface area contributed by atoms with Crippen LogP contribution in [0.15, 0.2) is 53.4 Å². The molecule has 0 bridgehead atoms. The first-order valence-electron chi connectivity index (χ1n) is 10.3. The number of nitrogens with zero attached hydrogens (tertiary/aromatic N) is 2. The average Bonchev–Trinajstić information content (AvgIpc) is 2.79. The van der Waals surface area contributed by atoms with Gasteiger partial charge >= 0.3 is 0 Å². The van der Waals surface area contributed by atoms with Crippen molar-refractivity contribution in [3.8, 4) is 23.1 Å². The summed E-state index contributed by atoms with van der Waals surface area (Å²) in [5, 5.41) is 9.18. The van der Waals surface area contributed by atoms with Crippen LogP contribution in [0.2, 0.25) is 0 Å². The molecule has 33 heavy (non-hydrogen) atoms. The van der Waals surface area contributed by atoms with Gasteiger partial charge in [0.1, 0.15) is 12.4 Å². The number of anilines is 1. The molecular formula is C23H27N3O6S. The number of methoxy groups -OCH3 is 1. The molecule has 0 spiro atoms. The third-order valence-electron chi connectivity index (χ3n) is 4.65. The second kappa shape index (κ2) is 10.5. The van der Waals surface area contributed by atoms with Gasteiger partial charge in [0.2, 0.25) is 5.75 Å². The lowest BCUT2D eigenvalue weighted by Gasteiger charge is -2.17. The highest BCUT2D eigenvalue weighted by Crippen LogP contribution is 2.40. The fraction of sp³-hybridized carbons (Fsp3) is 0.304. The topological polar surface area (TPSA) is 120 Å². The number of aromatic nitrogens is 2. The van der Waals surface area contributed by atoms with E-state index in [1.807, 2.05) is 13.8 Å². The van der Waals surface area contributed by atoms with Gasteiger partial charge in [0.25, 0.3) is 15.9 Å². The molecule has 0 fully saturated rings. The normalized spacial score (nSPS) is 11.3. The molecule has 10 heteroatoms. The van der Waals surface area contributed by atoms with Crippen LogP contribution >= 0.6 is 0 Å². The molecule has 1 aromatic heterocycles. The highest BCUT2D eigenvalue weighted by atomic mass is 32.2. The summed E-state index contributed by atoms with van der Waals surface area (Å²) in [6, 6.07) is 13.5. The van der Waals surface area contributed by atoms with E-state index in [-0.39, 0.29) is 47.3 Å². The minimum Gasteiger partial charge on any atom is -0.493 e.